The van der Waals surface area contributed by atoms with Gasteiger partial charge in [0.25, 0.3) is 5.91 Å². The highest BCUT2D eigenvalue weighted by atomic mass is 16.5. The average Bonchev–Trinajstić information content (AvgIpc) is 2.84. The molecule has 0 saturated carbocycles. The van der Waals surface area contributed by atoms with E-state index in [9.17, 15) is 14.4 Å². The van der Waals surface area contributed by atoms with Crippen molar-refractivity contribution < 1.29 is 19.1 Å². The molecule has 0 spiro atoms. The number of nitrogens with zero attached hydrogens (tertiary/aromatic N) is 3. The van der Waals surface area contributed by atoms with E-state index in [1.165, 1.54) is 10.5 Å². The Kier molecular flexibility index (Phi) is 6.45. The van der Waals surface area contributed by atoms with Crippen LogP contribution in [0.1, 0.15) is 24.8 Å². The first kappa shape index (κ1) is 19.4. The molecule has 1 atom stereocenters. The van der Waals surface area contributed by atoms with E-state index in [2.05, 4.69) is 12.1 Å². The molecule has 4 amide bonds. The zero-order valence-electron chi connectivity index (χ0n) is 15.8. The molecular formula is C20H27N3O4. The zero-order chi connectivity index (χ0) is 19.2. The lowest BCUT2D eigenvalue weighted by Gasteiger charge is -2.23. The number of carbonyl (C=O) groups excluding carboxylic acids is 3. The number of rotatable bonds is 7. The number of fused-ring (bicyclic) bond motifs is 1. The van der Waals surface area contributed by atoms with Crippen molar-refractivity contribution in [2.24, 2.45) is 0 Å². The highest BCUT2D eigenvalue weighted by Gasteiger charge is 2.46. The van der Waals surface area contributed by atoms with Crippen LogP contribution in [0.2, 0.25) is 0 Å². The van der Waals surface area contributed by atoms with E-state index in [-0.39, 0.29) is 30.9 Å². The van der Waals surface area contributed by atoms with E-state index in [0.717, 1.165) is 12.8 Å². The number of imide groups is 1. The third-order valence-electron chi connectivity index (χ3n) is 5.19. The molecule has 1 unspecified atom stereocenters. The SMILES string of the molecule is COCCN1C(=O)C2CN(C(=O)CCCc3ccccc3)CCCN2C1=O. The van der Waals surface area contributed by atoms with Gasteiger partial charge >= 0.3 is 6.03 Å². The number of urea groups is 1. The van der Waals surface area contributed by atoms with Gasteiger partial charge in [-0.15, -0.1) is 0 Å². The van der Waals surface area contributed by atoms with Gasteiger partial charge in [0.1, 0.15) is 6.04 Å². The van der Waals surface area contributed by atoms with E-state index in [0.29, 0.717) is 32.5 Å². The number of hydrogen-bond donors (Lipinski definition) is 0. The second-order valence-electron chi connectivity index (χ2n) is 7.01. The highest BCUT2D eigenvalue weighted by molar-refractivity contribution is 6.04. The van der Waals surface area contributed by atoms with Crippen LogP contribution in [-0.4, -0.2) is 78.5 Å². The Morgan fingerprint density at radius 3 is 2.70 bits per heavy atom. The number of amides is 4. The predicted molar refractivity (Wildman–Crippen MR) is 100 cm³/mol. The van der Waals surface area contributed by atoms with Gasteiger partial charge in [-0.05, 0) is 24.8 Å². The molecule has 2 heterocycles. The fourth-order valence-corrected chi connectivity index (χ4v) is 3.72. The molecule has 27 heavy (non-hydrogen) atoms. The van der Waals surface area contributed by atoms with Crippen LogP contribution >= 0.6 is 0 Å². The van der Waals surface area contributed by atoms with Crippen molar-refractivity contribution in [2.75, 3.05) is 39.9 Å². The molecule has 7 heteroatoms. The monoisotopic (exact) mass is 373 g/mol. The Labute approximate surface area is 159 Å². The van der Waals surface area contributed by atoms with Gasteiger partial charge in [-0.25, -0.2) is 4.79 Å². The minimum absolute atomic E-state index is 0.0587. The minimum atomic E-state index is -0.560. The number of aryl methyl sites for hydroxylation is 1. The van der Waals surface area contributed by atoms with Crippen molar-refractivity contribution in [3.05, 3.63) is 35.9 Å². The molecule has 7 nitrogen and oxygen atoms in total. The van der Waals surface area contributed by atoms with Crippen LogP contribution in [0.3, 0.4) is 0 Å². The summed E-state index contributed by atoms with van der Waals surface area (Å²) in [7, 11) is 1.54. The summed E-state index contributed by atoms with van der Waals surface area (Å²) in [6.07, 6.45) is 2.79. The van der Waals surface area contributed by atoms with Crippen LogP contribution in [0.15, 0.2) is 30.3 Å². The summed E-state index contributed by atoms with van der Waals surface area (Å²) in [5.74, 6) is -0.163. The third-order valence-corrected chi connectivity index (χ3v) is 5.19. The van der Waals surface area contributed by atoms with Gasteiger partial charge in [-0.1, -0.05) is 30.3 Å². The van der Waals surface area contributed by atoms with Crippen molar-refractivity contribution in [1.29, 1.82) is 0 Å². The van der Waals surface area contributed by atoms with E-state index < -0.39 is 6.04 Å². The van der Waals surface area contributed by atoms with Crippen molar-refractivity contribution >= 4 is 17.8 Å². The third kappa shape index (κ3) is 4.47. The van der Waals surface area contributed by atoms with Crippen molar-refractivity contribution in [3.63, 3.8) is 0 Å². The molecule has 2 aliphatic rings. The summed E-state index contributed by atoms with van der Waals surface area (Å²) in [5.41, 5.74) is 1.22. The molecule has 2 saturated heterocycles. The second kappa shape index (κ2) is 8.99. The quantitative estimate of drug-likeness (QED) is 0.680. The predicted octanol–water partition coefficient (Wildman–Crippen LogP) is 1.52. The largest absolute Gasteiger partial charge is 0.383 e. The van der Waals surface area contributed by atoms with Crippen LogP contribution < -0.4 is 0 Å². The Hall–Kier alpha value is -2.41. The second-order valence-corrected chi connectivity index (χ2v) is 7.01. The summed E-state index contributed by atoms with van der Waals surface area (Å²) in [4.78, 5) is 42.4. The first-order chi connectivity index (χ1) is 13.1. The van der Waals surface area contributed by atoms with Crippen LogP contribution in [0, 0.1) is 0 Å². The number of methoxy groups -OCH3 is 1. The standard InChI is InChI=1S/C20H27N3O4/c1-27-14-13-23-19(25)17-15-21(11-6-12-22(17)20(23)26)18(24)10-5-9-16-7-3-2-4-8-16/h2-4,7-8,17H,5-6,9-15H2,1H3. The lowest BCUT2D eigenvalue weighted by atomic mass is 10.1. The first-order valence-corrected chi connectivity index (χ1v) is 9.54. The van der Waals surface area contributed by atoms with Gasteiger partial charge in [-0.2, -0.15) is 0 Å². The molecule has 2 fully saturated rings. The molecule has 2 aliphatic heterocycles. The number of hydrogen-bond acceptors (Lipinski definition) is 4. The Morgan fingerprint density at radius 2 is 1.96 bits per heavy atom. The molecule has 0 N–H and O–H groups in total. The number of carbonyl (C=O) groups is 3. The van der Waals surface area contributed by atoms with Gasteiger partial charge in [-0.3, -0.25) is 14.5 Å². The van der Waals surface area contributed by atoms with Crippen molar-refractivity contribution in [3.8, 4) is 0 Å². The molecule has 0 aromatic heterocycles. The Morgan fingerprint density at radius 1 is 1.19 bits per heavy atom. The van der Waals surface area contributed by atoms with E-state index in [1.54, 1.807) is 16.9 Å². The Bertz CT molecular complexity index is 679. The molecule has 3 rings (SSSR count). The summed E-state index contributed by atoms with van der Waals surface area (Å²) in [6.45, 7) is 1.97. The van der Waals surface area contributed by atoms with Crippen molar-refractivity contribution in [1.82, 2.24) is 14.7 Å². The molecule has 0 bridgehead atoms. The van der Waals surface area contributed by atoms with E-state index >= 15 is 0 Å². The zero-order valence-corrected chi connectivity index (χ0v) is 15.8. The number of ether oxygens (including phenoxy) is 1. The number of benzene rings is 1. The maximum atomic E-state index is 12.6. The maximum absolute atomic E-state index is 12.6. The maximum Gasteiger partial charge on any atom is 0.327 e. The van der Waals surface area contributed by atoms with E-state index in [1.807, 2.05) is 18.2 Å². The fourth-order valence-electron chi connectivity index (χ4n) is 3.72. The summed E-state index contributed by atoms with van der Waals surface area (Å²) in [5, 5.41) is 0. The van der Waals surface area contributed by atoms with Crippen LogP contribution in [-0.2, 0) is 20.7 Å². The summed E-state index contributed by atoms with van der Waals surface area (Å²) < 4.78 is 4.99. The molecule has 0 radical (unpaired) electrons. The summed E-state index contributed by atoms with van der Waals surface area (Å²) >= 11 is 0. The van der Waals surface area contributed by atoms with Gasteiger partial charge in [0.15, 0.2) is 0 Å². The van der Waals surface area contributed by atoms with Crippen LogP contribution in [0.5, 0.6) is 0 Å². The first-order valence-electron chi connectivity index (χ1n) is 9.54. The van der Waals surface area contributed by atoms with E-state index in [4.69, 9.17) is 4.74 Å². The highest BCUT2D eigenvalue weighted by Crippen LogP contribution is 2.22. The minimum Gasteiger partial charge on any atom is -0.383 e. The fraction of sp³-hybridized carbons (Fsp3) is 0.550. The van der Waals surface area contributed by atoms with Crippen LogP contribution in [0.25, 0.3) is 0 Å². The lowest BCUT2D eigenvalue weighted by molar-refractivity contribution is -0.133. The van der Waals surface area contributed by atoms with Crippen LogP contribution in [0.4, 0.5) is 4.79 Å². The lowest BCUT2D eigenvalue weighted by Crippen LogP contribution is -2.43. The molecule has 146 valence electrons. The normalized spacial score (nSPS) is 20.0. The molecular weight excluding hydrogens is 346 g/mol. The molecule has 0 aliphatic carbocycles. The smallest absolute Gasteiger partial charge is 0.327 e. The molecule has 1 aromatic carbocycles. The van der Waals surface area contributed by atoms with Gasteiger partial charge in [0.2, 0.25) is 5.91 Å². The van der Waals surface area contributed by atoms with Crippen molar-refractivity contribution in [2.45, 2.75) is 31.7 Å². The molecule has 1 aromatic rings. The average molecular weight is 373 g/mol. The topological polar surface area (TPSA) is 70.2 Å². The van der Waals surface area contributed by atoms with Gasteiger partial charge in [0, 0.05) is 26.6 Å². The van der Waals surface area contributed by atoms with Gasteiger partial charge in [0.05, 0.1) is 19.7 Å². The Balaban J connectivity index is 1.56. The summed E-state index contributed by atoms with van der Waals surface area (Å²) in [6, 6.07) is 9.28. The van der Waals surface area contributed by atoms with Gasteiger partial charge < -0.3 is 14.5 Å².